The van der Waals surface area contributed by atoms with Gasteiger partial charge in [-0.3, -0.25) is 4.79 Å². The van der Waals surface area contributed by atoms with Gasteiger partial charge in [-0.25, -0.2) is 0 Å². The number of amides is 1. The minimum atomic E-state index is -0.361. The molecule has 0 unspecified atom stereocenters. The molecule has 1 aromatic carbocycles. The standard InChI is InChI=1S/C18H30N2O/c1-2-3-4-5-6-7-8-9-13-20-15-16-11-10-12-17(14-16)18(19)21/h10-12,14,20H,2-9,13,15H2,1H3,(H2,19,21). The summed E-state index contributed by atoms with van der Waals surface area (Å²) < 4.78 is 0. The molecule has 21 heavy (non-hydrogen) atoms. The number of primary amides is 1. The molecular formula is C18H30N2O. The molecule has 3 nitrogen and oxygen atoms in total. The van der Waals surface area contributed by atoms with Crippen LogP contribution in [0.25, 0.3) is 0 Å². The number of hydrogen-bond acceptors (Lipinski definition) is 2. The second-order valence-corrected chi connectivity index (χ2v) is 5.72. The maximum absolute atomic E-state index is 11.1. The molecule has 1 amide bonds. The van der Waals surface area contributed by atoms with Crippen molar-refractivity contribution in [2.45, 2.75) is 64.8 Å². The van der Waals surface area contributed by atoms with Crippen molar-refractivity contribution in [2.24, 2.45) is 5.73 Å². The van der Waals surface area contributed by atoms with Crippen molar-refractivity contribution in [1.82, 2.24) is 5.32 Å². The van der Waals surface area contributed by atoms with Crippen LogP contribution in [0.15, 0.2) is 24.3 Å². The molecule has 0 bridgehead atoms. The maximum atomic E-state index is 11.1. The zero-order chi connectivity index (χ0) is 15.3. The molecule has 0 aliphatic rings. The van der Waals surface area contributed by atoms with Crippen molar-refractivity contribution in [3.05, 3.63) is 35.4 Å². The number of carbonyl (C=O) groups excluding carboxylic acids is 1. The molecule has 3 heteroatoms. The van der Waals surface area contributed by atoms with Gasteiger partial charge in [0, 0.05) is 12.1 Å². The molecule has 0 atom stereocenters. The van der Waals surface area contributed by atoms with Crippen molar-refractivity contribution in [3.63, 3.8) is 0 Å². The number of unbranched alkanes of at least 4 members (excludes halogenated alkanes) is 7. The monoisotopic (exact) mass is 290 g/mol. The molecule has 3 N–H and O–H groups in total. The number of carbonyl (C=O) groups is 1. The van der Waals surface area contributed by atoms with Crippen molar-refractivity contribution >= 4 is 5.91 Å². The molecule has 0 aliphatic carbocycles. The molecule has 0 spiro atoms. The van der Waals surface area contributed by atoms with Crippen molar-refractivity contribution < 1.29 is 4.79 Å². The first-order valence-electron chi connectivity index (χ1n) is 8.33. The quantitative estimate of drug-likeness (QED) is 0.571. The summed E-state index contributed by atoms with van der Waals surface area (Å²) in [6.45, 7) is 4.10. The molecular weight excluding hydrogens is 260 g/mol. The van der Waals surface area contributed by atoms with Gasteiger partial charge in [-0.2, -0.15) is 0 Å². The SMILES string of the molecule is CCCCCCCCCCNCc1cccc(C(N)=O)c1. The lowest BCUT2D eigenvalue weighted by atomic mass is 10.1. The first-order valence-corrected chi connectivity index (χ1v) is 8.33. The van der Waals surface area contributed by atoms with E-state index in [0.717, 1.165) is 18.7 Å². The molecule has 1 aromatic rings. The zero-order valence-corrected chi connectivity index (χ0v) is 13.4. The fourth-order valence-corrected chi connectivity index (χ4v) is 2.45. The minimum absolute atomic E-state index is 0.361. The van der Waals surface area contributed by atoms with Crippen LogP contribution in [-0.4, -0.2) is 12.5 Å². The first-order chi connectivity index (χ1) is 10.2. The summed E-state index contributed by atoms with van der Waals surface area (Å²) in [6.07, 6.45) is 10.7. The van der Waals surface area contributed by atoms with E-state index in [2.05, 4.69) is 12.2 Å². The largest absolute Gasteiger partial charge is 0.366 e. The van der Waals surface area contributed by atoms with Crippen LogP contribution in [0.4, 0.5) is 0 Å². The molecule has 1 rings (SSSR count). The Morgan fingerprint density at radius 3 is 2.38 bits per heavy atom. The average molecular weight is 290 g/mol. The number of nitrogens with two attached hydrogens (primary N) is 1. The van der Waals surface area contributed by atoms with Gasteiger partial charge < -0.3 is 11.1 Å². The van der Waals surface area contributed by atoms with E-state index in [1.807, 2.05) is 18.2 Å². The van der Waals surface area contributed by atoms with E-state index in [1.165, 1.54) is 51.4 Å². The summed E-state index contributed by atoms with van der Waals surface area (Å²) in [5.74, 6) is -0.361. The number of rotatable bonds is 12. The highest BCUT2D eigenvalue weighted by molar-refractivity contribution is 5.92. The van der Waals surface area contributed by atoms with Crippen LogP contribution in [0.2, 0.25) is 0 Å². The first kappa shape index (κ1) is 17.7. The zero-order valence-electron chi connectivity index (χ0n) is 13.4. The number of nitrogens with one attached hydrogen (secondary N) is 1. The van der Waals surface area contributed by atoms with Crippen molar-refractivity contribution in [2.75, 3.05) is 6.54 Å². The van der Waals surface area contributed by atoms with Gasteiger partial charge in [-0.15, -0.1) is 0 Å². The van der Waals surface area contributed by atoms with E-state index in [-0.39, 0.29) is 5.91 Å². The van der Waals surface area contributed by atoms with Gasteiger partial charge in [-0.05, 0) is 30.7 Å². The number of benzene rings is 1. The summed E-state index contributed by atoms with van der Waals surface area (Å²) in [4.78, 5) is 11.1. The van der Waals surface area contributed by atoms with E-state index in [4.69, 9.17) is 5.73 Å². The summed E-state index contributed by atoms with van der Waals surface area (Å²) in [5.41, 5.74) is 6.98. The fraction of sp³-hybridized carbons (Fsp3) is 0.611. The summed E-state index contributed by atoms with van der Waals surface area (Å²) in [5, 5.41) is 3.43. The molecule has 0 saturated carbocycles. The van der Waals surface area contributed by atoms with Gasteiger partial charge in [0.2, 0.25) is 5.91 Å². The third-order valence-corrected chi connectivity index (χ3v) is 3.75. The summed E-state index contributed by atoms with van der Waals surface area (Å²) >= 11 is 0. The second kappa shape index (κ2) is 11.3. The lowest BCUT2D eigenvalue weighted by Gasteiger charge is -2.06. The highest BCUT2D eigenvalue weighted by atomic mass is 16.1. The van der Waals surface area contributed by atoms with E-state index >= 15 is 0 Å². The van der Waals surface area contributed by atoms with Crippen molar-refractivity contribution in [3.8, 4) is 0 Å². The molecule has 0 aromatic heterocycles. The molecule has 0 heterocycles. The topological polar surface area (TPSA) is 55.1 Å². The van der Waals surface area contributed by atoms with E-state index in [9.17, 15) is 4.79 Å². The van der Waals surface area contributed by atoms with Crippen LogP contribution in [0, 0.1) is 0 Å². The molecule has 0 fully saturated rings. The molecule has 0 radical (unpaired) electrons. The normalized spacial score (nSPS) is 10.7. The third kappa shape index (κ3) is 8.51. The average Bonchev–Trinajstić information content (AvgIpc) is 2.49. The van der Waals surface area contributed by atoms with E-state index < -0.39 is 0 Å². The highest BCUT2D eigenvalue weighted by Gasteiger charge is 2.00. The van der Waals surface area contributed by atoms with Gasteiger partial charge >= 0.3 is 0 Å². The Hall–Kier alpha value is -1.35. The minimum Gasteiger partial charge on any atom is -0.366 e. The predicted octanol–water partition coefficient (Wildman–Crippen LogP) is 4.02. The maximum Gasteiger partial charge on any atom is 0.248 e. The number of hydrogen-bond donors (Lipinski definition) is 2. The Balaban J connectivity index is 2.01. The Labute approximate surface area is 129 Å². The predicted molar refractivity (Wildman–Crippen MR) is 89.3 cm³/mol. The van der Waals surface area contributed by atoms with E-state index in [0.29, 0.717) is 5.56 Å². The van der Waals surface area contributed by atoms with Gasteiger partial charge in [-0.1, -0.05) is 64.0 Å². The van der Waals surface area contributed by atoms with Crippen LogP contribution in [-0.2, 0) is 6.54 Å². The van der Waals surface area contributed by atoms with Gasteiger partial charge in [0.1, 0.15) is 0 Å². The van der Waals surface area contributed by atoms with Gasteiger partial charge in [0.15, 0.2) is 0 Å². The lowest BCUT2D eigenvalue weighted by Crippen LogP contribution is -2.16. The fourth-order valence-electron chi connectivity index (χ4n) is 2.45. The molecule has 118 valence electrons. The summed E-state index contributed by atoms with van der Waals surface area (Å²) in [7, 11) is 0. The smallest absolute Gasteiger partial charge is 0.248 e. The van der Waals surface area contributed by atoms with Crippen molar-refractivity contribution in [1.29, 1.82) is 0 Å². The van der Waals surface area contributed by atoms with E-state index in [1.54, 1.807) is 6.07 Å². The lowest BCUT2D eigenvalue weighted by molar-refractivity contribution is 0.1000. The van der Waals surface area contributed by atoms with Crippen LogP contribution in [0.3, 0.4) is 0 Å². The second-order valence-electron chi connectivity index (χ2n) is 5.72. The Kier molecular flexibility index (Phi) is 9.55. The van der Waals surface area contributed by atoms with Crippen LogP contribution >= 0.6 is 0 Å². The Morgan fingerprint density at radius 2 is 1.71 bits per heavy atom. The van der Waals surface area contributed by atoms with Crippen LogP contribution in [0.1, 0.15) is 74.2 Å². The van der Waals surface area contributed by atoms with Gasteiger partial charge in [0.25, 0.3) is 0 Å². The summed E-state index contributed by atoms with van der Waals surface area (Å²) in [6, 6.07) is 7.52. The Bertz CT molecular complexity index is 404. The Morgan fingerprint density at radius 1 is 1.05 bits per heavy atom. The van der Waals surface area contributed by atoms with Crippen LogP contribution < -0.4 is 11.1 Å². The molecule has 0 aliphatic heterocycles. The third-order valence-electron chi connectivity index (χ3n) is 3.75. The molecule has 0 saturated heterocycles. The highest BCUT2D eigenvalue weighted by Crippen LogP contribution is 2.08. The van der Waals surface area contributed by atoms with Gasteiger partial charge in [0.05, 0.1) is 0 Å². The van der Waals surface area contributed by atoms with Crippen LogP contribution in [0.5, 0.6) is 0 Å².